The summed E-state index contributed by atoms with van der Waals surface area (Å²) in [6, 6.07) is 15.5. The molecule has 2 aromatic carbocycles. The van der Waals surface area contributed by atoms with Crippen molar-refractivity contribution in [1.82, 2.24) is 0 Å². The van der Waals surface area contributed by atoms with Crippen LogP contribution in [0.4, 0.5) is 0 Å². The maximum absolute atomic E-state index is 5.80. The molecule has 0 atom stereocenters. The molecule has 0 aliphatic carbocycles. The normalized spacial score (nSPS) is 9.47. The van der Waals surface area contributed by atoms with E-state index in [1.165, 1.54) is 0 Å². The third kappa shape index (κ3) is 3.13. The molecule has 0 aliphatic heterocycles. The minimum Gasteiger partial charge on any atom is -0.147 e. The van der Waals surface area contributed by atoms with Crippen LogP contribution in [0.15, 0.2) is 48.5 Å². The van der Waals surface area contributed by atoms with Gasteiger partial charge >= 0.3 is 0 Å². The van der Waals surface area contributed by atoms with Crippen molar-refractivity contribution >= 4 is 35.6 Å². The first kappa shape index (κ1) is 12.4. The molecule has 2 aromatic rings. The van der Waals surface area contributed by atoms with Crippen molar-refractivity contribution in [1.29, 1.82) is 0 Å². The molecule has 0 nitrogen and oxygen atoms in total. The molecule has 0 radical (unpaired) electrons. The Morgan fingerprint density at radius 2 is 0.800 bits per heavy atom. The van der Waals surface area contributed by atoms with Crippen LogP contribution < -0.4 is 0 Å². The van der Waals surface area contributed by atoms with Gasteiger partial charge in [0, 0.05) is 10.0 Å². The zero-order chi connectivity index (χ0) is 9.97. The summed E-state index contributed by atoms with van der Waals surface area (Å²) >= 11 is 11.6. The fourth-order valence-corrected chi connectivity index (χ4v) is 1.54. The Morgan fingerprint density at radius 3 is 1.07 bits per heavy atom. The van der Waals surface area contributed by atoms with E-state index in [0.717, 1.165) is 21.2 Å². The van der Waals surface area contributed by atoms with Gasteiger partial charge in [0.1, 0.15) is 0 Å². The van der Waals surface area contributed by atoms with Crippen molar-refractivity contribution in [2.75, 3.05) is 0 Å². The molecule has 0 saturated heterocycles. The molecule has 0 unspecified atom stereocenters. The number of benzene rings is 2. The van der Waals surface area contributed by atoms with Gasteiger partial charge in [0.25, 0.3) is 0 Å². The molecule has 0 spiro atoms. The molecule has 0 amide bonds. The zero-order valence-corrected chi connectivity index (χ0v) is 10.1. The molecule has 15 heavy (non-hydrogen) atoms. The Kier molecular flexibility index (Phi) is 4.46. The molecule has 0 fully saturated rings. The molecular weight excluding hydrogens is 250 g/mol. The van der Waals surface area contributed by atoms with Crippen molar-refractivity contribution in [3.63, 3.8) is 0 Å². The first-order chi connectivity index (χ1) is 6.75. The van der Waals surface area contributed by atoms with Crippen molar-refractivity contribution in [2.24, 2.45) is 0 Å². The summed E-state index contributed by atoms with van der Waals surface area (Å²) in [6.45, 7) is 0. The number of hydrogen-bond donors (Lipinski definition) is 0. The summed E-state index contributed by atoms with van der Waals surface area (Å²) in [6.07, 6.45) is 0. The van der Waals surface area contributed by atoms with Crippen LogP contribution in [0, 0.1) is 0 Å². The van der Waals surface area contributed by atoms with E-state index in [0.29, 0.717) is 0 Å². The van der Waals surface area contributed by atoms with E-state index in [9.17, 15) is 0 Å². The average molecular weight is 260 g/mol. The lowest BCUT2D eigenvalue weighted by atomic mass is 10.1. The van der Waals surface area contributed by atoms with Crippen LogP contribution in [0.1, 0.15) is 0 Å². The van der Waals surface area contributed by atoms with Gasteiger partial charge in [-0.05, 0) is 35.4 Å². The first-order valence-corrected chi connectivity index (χ1v) is 5.03. The summed E-state index contributed by atoms with van der Waals surface area (Å²) in [4.78, 5) is 0. The van der Waals surface area contributed by atoms with E-state index in [-0.39, 0.29) is 12.4 Å². The third-order valence-corrected chi connectivity index (χ3v) is 2.53. The minimum absolute atomic E-state index is 0. The molecule has 0 bridgehead atoms. The van der Waals surface area contributed by atoms with E-state index in [1.54, 1.807) is 0 Å². The van der Waals surface area contributed by atoms with Crippen LogP contribution >= 0.6 is 35.6 Å². The summed E-state index contributed by atoms with van der Waals surface area (Å²) in [5.41, 5.74) is 2.29. The highest BCUT2D eigenvalue weighted by molar-refractivity contribution is 6.31. The zero-order valence-electron chi connectivity index (χ0n) is 7.78. The second kappa shape index (κ2) is 5.41. The molecule has 0 aliphatic rings. The minimum atomic E-state index is 0. The standard InChI is InChI=1S/C12H8Cl2.ClH/c13-11-5-1-9(2-6-11)10-3-7-12(14)8-4-10;/h1-8H;1H. The predicted molar refractivity (Wildman–Crippen MR) is 69.1 cm³/mol. The number of halogens is 3. The van der Waals surface area contributed by atoms with Crippen LogP contribution in [0.3, 0.4) is 0 Å². The van der Waals surface area contributed by atoms with Gasteiger partial charge in [-0.2, -0.15) is 0 Å². The van der Waals surface area contributed by atoms with Crippen molar-refractivity contribution in [2.45, 2.75) is 0 Å². The number of rotatable bonds is 1. The van der Waals surface area contributed by atoms with Gasteiger partial charge < -0.3 is 0 Å². The lowest BCUT2D eigenvalue weighted by Gasteiger charge is -2.01. The maximum atomic E-state index is 5.80. The second-order valence-corrected chi connectivity index (χ2v) is 3.89. The van der Waals surface area contributed by atoms with Gasteiger partial charge in [-0.1, -0.05) is 47.5 Å². The number of hydrogen-bond acceptors (Lipinski definition) is 0. The molecule has 0 aromatic heterocycles. The quantitative estimate of drug-likeness (QED) is 0.670. The van der Waals surface area contributed by atoms with Gasteiger partial charge in [0.15, 0.2) is 0 Å². The Bertz CT molecular complexity index is 374. The monoisotopic (exact) mass is 258 g/mol. The van der Waals surface area contributed by atoms with Gasteiger partial charge in [0.2, 0.25) is 0 Å². The van der Waals surface area contributed by atoms with Crippen molar-refractivity contribution in [3.8, 4) is 11.1 Å². The first-order valence-electron chi connectivity index (χ1n) is 4.27. The van der Waals surface area contributed by atoms with Crippen LogP contribution in [0.2, 0.25) is 10.0 Å². The predicted octanol–water partition coefficient (Wildman–Crippen LogP) is 5.08. The van der Waals surface area contributed by atoms with Crippen molar-refractivity contribution < 1.29 is 0 Å². The largest absolute Gasteiger partial charge is 0.147 e. The molecule has 2 rings (SSSR count). The Balaban J connectivity index is 0.00000112. The van der Waals surface area contributed by atoms with Crippen molar-refractivity contribution in [3.05, 3.63) is 58.6 Å². The van der Waals surface area contributed by atoms with E-state index >= 15 is 0 Å². The second-order valence-electron chi connectivity index (χ2n) is 3.01. The summed E-state index contributed by atoms with van der Waals surface area (Å²) in [7, 11) is 0. The van der Waals surface area contributed by atoms with Gasteiger partial charge in [-0.25, -0.2) is 0 Å². The Labute approximate surface area is 105 Å². The summed E-state index contributed by atoms with van der Waals surface area (Å²) in [5.74, 6) is 0. The van der Waals surface area contributed by atoms with Crippen LogP contribution in [-0.2, 0) is 0 Å². The molecule has 0 heterocycles. The lowest BCUT2D eigenvalue weighted by molar-refractivity contribution is 1.62. The summed E-state index contributed by atoms with van der Waals surface area (Å²) in [5, 5.41) is 1.51. The van der Waals surface area contributed by atoms with Crippen LogP contribution in [-0.4, -0.2) is 0 Å². The molecular formula is C12H9Cl3. The third-order valence-electron chi connectivity index (χ3n) is 2.02. The average Bonchev–Trinajstić information content (AvgIpc) is 2.21. The summed E-state index contributed by atoms with van der Waals surface area (Å²) < 4.78 is 0. The fraction of sp³-hybridized carbons (Fsp3) is 0. The van der Waals surface area contributed by atoms with Crippen LogP contribution in [0.25, 0.3) is 11.1 Å². The maximum Gasteiger partial charge on any atom is 0.0406 e. The van der Waals surface area contributed by atoms with Gasteiger partial charge in [-0.15, -0.1) is 12.4 Å². The molecule has 0 saturated carbocycles. The molecule has 78 valence electrons. The Hall–Kier alpha value is -0.690. The van der Waals surface area contributed by atoms with E-state index in [1.807, 2.05) is 48.5 Å². The highest BCUT2D eigenvalue weighted by Gasteiger charge is 1.96. The topological polar surface area (TPSA) is 0 Å². The fourth-order valence-electron chi connectivity index (χ4n) is 1.28. The lowest BCUT2D eigenvalue weighted by Crippen LogP contribution is -1.76. The molecule has 3 heteroatoms. The van der Waals surface area contributed by atoms with E-state index in [4.69, 9.17) is 23.2 Å². The van der Waals surface area contributed by atoms with Gasteiger partial charge in [-0.3, -0.25) is 0 Å². The van der Waals surface area contributed by atoms with E-state index in [2.05, 4.69) is 0 Å². The SMILES string of the molecule is Cl.Clc1ccc(-c2ccc(Cl)cc2)cc1. The van der Waals surface area contributed by atoms with Crippen LogP contribution in [0.5, 0.6) is 0 Å². The Morgan fingerprint density at radius 1 is 0.533 bits per heavy atom. The smallest absolute Gasteiger partial charge is 0.0406 e. The molecule has 0 N–H and O–H groups in total. The van der Waals surface area contributed by atoms with E-state index < -0.39 is 0 Å². The van der Waals surface area contributed by atoms with Gasteiger partial charge in [0.05, 0.1) is 0 Å². The highest BCUT2D eigenvalue weighted by Crippen LogP contribution is 2.22. The highest BCUT2D eigenvalue weighted by atomic mass is 35.5.